The Morgan fingerprint density at radius 1 is 0.841 bits per heavy atom. The predicted molar refractivity (Wildman–Crippen MR) is 168 cm³/mol. The van der Waals surface area contributed by atoms with Crippen LogP contribution < -0.4 is 10.2 Å². The minimum absolute atomic E-state index is 0.0761. The molecule has 4 aromatic carbocycles. The number of carbonyl (C=O) groups is 3. The van der Waals surface area contributed by atoms with E-state index in [1.54, 1.807) is 18.2 Å². The SMILES string of the molecule is CC1=CC2N(c3ccc(C)cc31)C(C(=O)c1ccc(C)cc1)C(C(=O)c1cccc([N+](=O)[O-])c1)C21C(=O)Nc2ccccc21. The molecule has 0 saturated carbocycles. The van der Waals surface area contributed by atoms with Crippen LogP contribution in [0.4, 0.5) is 17.1 Å². The van der Waals surface area contributed by atoms with E-state index in [0.717, 1.165) is 28.0 Å². The zero-order chi connectivity index (χ0) is 30.9. The number of nitrogens with one attached hydrogen (secondary N) is 1. The molecule has 1 amide bonds. The van der Waals surface area contributed by atoms with Crippen LogP contribution in [0.25, 0.3) is 5.57 Å². The van der Waals surface area contributed by atoms with Gasteiger partial charge in [-0.1, -0.05) is 77.9 Å². The summed E-state index contributed by atoms with van der Waals surface area (Å²) < 4.78 is 0. The molecule has 1 saturated heterocycles. The quantitative estimate of drug-likeness (QED) is 0.164. The molecule has 44 heavy (non-hydrogen) atoms. The molecule has 4 atom stereocenters. The van der Waals surface area contributed by atoms with Gasteiger partial charge in [0.2, 0.25) is 5.91 Å². The molecule has 7 rings (SSSR count). The molecule has 3 aliphatic rings. The Balaban J connectivity index is 1.55. The lowest BCUT2D eigenvalue weighted by molar-refractivity contribution is -0.384. The Kier molecular flexibility index (Phi) is 6.14. The smallest absolute Gasteiger partial charge is 0.270 e. The Hall–Kier alpha value is -5.37. The van der Waals surface area contributed by atoms with Gasteiger partial charge in [-0.3, -0.25) is 24.5 Å². The highest BCUT2D eigenvalue weighted by atomic mass is 16.6. The van der Waals surface area contributed by atoms with Crippen molar-refractivity contribution >= 4 is 40.1 Å². The van der Waals surface area contributed by atoms with Gasteiger partial charge in [-0.15, -0.1) is 0 Å². The van der Waals surface area contributed by atoms with Gasteiger partial charge in [0, 0.05) is 40.2 Å². The second kappa shape index (κ2) is 9.84. The lowest BCUT2D eigenvalue weighted by Crippen LogP contribution is -2.51. The van der Waals surface area contributed by atoms with E-state index in [-0.39, 0.29) is 22.9 Å². The van der Waals surface area contributed by atoms with Crippen LogP contribution in [0.15, 0.2) is 97.1 Å². The van der Waals surface area contributed by atoms with Gasteiger partial charge < -0.3 is 10.2 Å². The molecule has 0 aliphatic carbocycles. The average molecular weight is 584 g/mol. The van der Waals surface area contributed by atoms with Crippen LogP contribution in [0.5, 0.6) is 0 Å². The molecule has 1 N–H and O–H groups in total. The maximum Gasteiger partial charge on any atom is 0.270 e. The predicted octanol–water partition coefficient (Wildman–Crippen LogP) is 6.46. The summed E-state index contributed by atoms with van der Waals surface area (Å²) in [6.45, 7) is 5.91. The molecule has 0 radical (unpaired) electrons. The van der Waals surface area contributed by atoms with Gasteiger partial charge in [0.25, 0.3) is 5.69 Å². The van der Waals surface area contributed by atoms with Gasteiger partial charge >= 0.3 is 0 Å². The molecule has 4 aromatic rings. The molecule has 3 heterocycles. The topological polar surface area (TPSA) is 110 Å². The van der Waals surface area contributed by atoms with E-state index < -0.39 is 34.1 Å². The zero-order valence-corrected chi connectivity index (χ0v) is 24.4. The summed E-state index contributed by atoms with van der Waals surface area (Å²) in [6, 6.07) is 24.2. The van der Waals surface area contributed by atoms with E-state index >= 15 is 0 Å². The summed E-state index contributed by atoms with van der Waals surface area (Å²) in [5, 5.41) is 14.7. The van der Waals surface area contributed by atoms with E-state index in [1.165, 1.54) is 24.3 Å². The van der Waals surface area contributed by atoms with Crippen molar-refractivity contribution in [2.75, 3.05) is 10.2 Å². The fourth-order valence-electron chi connectivity index (χ4n) is 7.39. The number of carbonyl (C=O) groups excluding carboxylic acids is 3. The molecule has 8 nitrogen and oxygen atoms in total. The molecule has 0 bridgehead atoms. The molecular weight excluding hydrogens is 554 g/mol. The summed E-state index contributed by atoms with van der Waals surface area (Å²) in [7, 11) is 0. The molecule has 4 unspecified atom stereocenters. The number of aryl methyl sites for hydroxylation is 2. The Labute approximate surface area is 254 Å². The first-order valence-corrected chi connectivity index (χ1v) is 14.5. The number of hydrogen-bond acceptors (Lipinski definition) is 6. The van der Waals surface area contributed by atoms with Gasteiger partial charge in [0.05, 0.1) is 16.9 Å². The van der Waals surface area contributed by atoms with Crippen molar-refractivity contribution in [2.45, 2.75) is 38.3 Å². The molecule has 218 valence electrons. The summed E-state index contributed by atoms with van der Waals surface area (Å²) in [6.07, 6.45) is 2.00. The Morgan fingerprint density at radius 3 is 2.32 bits per heavy atom. The van der Waals surface area contributed by atoms with Crippen molar-refractivity contribution < 1.29 is 19.3 Å². The second-order valence-electron chi connectivity index (χ2n) is 11.9. The fourth-order valence-corrected chi connectivity index (χ4v) is 7.39. The van der Waals surface area contributed by atoms with E-state index in [9.17, 15) is 24.5 Å². The number of allylic oxidation sites excluding steroid dienone is 1. The summed E-state index contributed by atoms with van der Waals surface area (Å²) in [5.74, 6) is -2.38. The summed E-state index contributed by atoms with van der Waals surface area (Å²) in [4.78, 5) is 57.3. The van der Waals surface area contributed by atoms with Gasteiger partial charge in [-0.25, -0.2) is 0 Å². The van der Waals surface area contributed by atoms with E-state index in [1.807, 2.05) is 74.2 Å². The van der Waals surface area contributed by atoms with Crippen molar-refractivity contribution in [1.29, 1.82) is 0 Å². The van der Waals surface area contributed by atoms with Crippen LogP contribution in [0.1, 0.15) is 49.9 Å². The van der Waals surface area contributed by atoms with Crippen LogP contribution in [0.3, 0.4) is 0 Å². The van der Waals surface area contributed by atoms with Crippen LogP contribution >= 0.6 is 0 Å². The Bertz CT molecular complexity index is 1950. The average Bonchev–Trinajstić information content (AvgIpc) is 3.49. The first-order valence-electron chi connectivity index (χ1n) is 14.5. The highest BCUT2D eigenvalue weighted by Crippen LogP contribution is 2.59. The molecule has 8 heteroatoms. The highest BCUT2D eigenvalue weighted by molar-refractivity contribution is 6.18. The number of nitro groups is 1. The number of Topliss-reactive ketones (excluding diaryl/α,β-unsaturated/α-hetero) is 2. The maximum absolute atomic E-state index is 14.9. The third kappa shape index (κ3) is 3.80. The van der Waals surface area contributed by atoms with Crippen LogP contribution in [-0.2, 0) is 10.2 Å². The van der Waals surface area contributed by atoms with Gasteiger partial charge in [0.1, 0.15) is 11.5 Å². The second-order valence-corrected chi connectivity index (χ2v) is 11.9. The number of hydrogen-bond donors (Lipinski definition) is 1. The fraction of sp³-hybridized carbons (Fsp3) is 0.194. The van der Waals surface area contributed by atoms with Crippen molar-refractivity contribution in [3.05, 3.63) is 141 Å². The largest absolute Gasteiger partial charge is 0.352 e. The Morgan fingerprint density at radius 2 is 1.57 bits per heavy atom. The lowest BCUT2D eigenvalue weighted by atomic mass is 9.64. The zero-order valence-electron chi connectivity index (χ0n) is 24.4. The van der Waals surface area contributed by atoms with Gasteiger partial charge in [0.15, 0.2) is 11.6 Å². The number of nitrogens with zero attached hydrogens (tertiary/aromatic N) is 2. The number of anilines is 2. The number of amides is 1. The molecule has 1 spiro atoms. The minimum atomic E-state index is -1.49. The standard InChI is InChI=1S/C36H29N3O5/c1-20-11-14-23(15-12-20)34(41)32-31(33(40)24-7-6-8-25(19-24)39(43)44)36(27-9-4-5-10-28(27)37-35(36)42)30-18-22(3)26-17-21(2)13-16-29(26)38(30)32/h4-19,30-32H,1-3H3,(H,37,42). The normalized spacial score (nSPS) is 23.0. The monoisotopic (exact) mass is 583 g/mol. The van der Waals surface area contributed by atoms with Crippen LogP contribution in [-0.4, -0.2) is 34.5 Å². The molecule has 3 aliphatic heterocycles. The van der Waals surface area contributed by atoms with Crippen molar-refractivity contribution in [3.63, 3.8) is 0 Å². The van der Waals surface area contributed by atoms with Crippen molar-refractivity contribution in [2.24, 2.45) is 5.92 Å². The van der Waals surface area contributed by atoms with Crippen LogP contribution in [0, 0.1) is 29.9 Å². The number of rotatable bonds is 5. The third-order valence-corrected chi connectivity index (χ3v) is 9.36. The van der Waals surface area contributed by atoms with Crippen molar-refractivity contribution in [3.8, 4) is 0 Å². The van der Waals surface area contributed by atoms with E-state index in [0.29, 0.717) is 16.8 Å². The van der Waals surface area contributed by atoms with Crippen molar-refractivity contribution in [1.82, 2.24) is 0 Å². The number of non-ortho nitro benzene ring substituents is 1. The number of para-hydroxylation sites is 1. The third-order valence-electron chi connectivity index (χ3n) is 9.36. The van der Waals surface area contributed by atoms with E-state index in [2.05, 4.69) is 11.4 Å². The lowest BCUT2D eigenvalue weighted by Gasteiger charge is -2.39. The molecular formula is C36H29N3O5. The molecule has 1 fully saturated rings. The van der Waals surface area contributed by atoms with Gasteiger partial charge in [-0.05, 0) is 50.1 Å². The molecule has 0 aromatic heterocycles. The first-order chi connectivity index (χ1) is 21.1. The maximum atomic E-state index is 14.9. The van der Waals surface area contributed by atoms with Crippen LogP contribution in [0.2, 0.25) is 0 Å². The number of ketones is 2. The first kappa shape index (κ1) is 27.5. The highest BCUT2D eigenvalue weighted by Gasteiger charge is 2.70. The number of nitro benzene ring substituents is 1. The summed E-state index contributed by atoms with van der Waals surface area (Å²) >= 11 is 0. The number of fused-ring (bicyclic) bond motifs is 6. The summed E-state index contributed by atoms with van der Waals surface area (Å²) in [5.41, 5.74) is 4.61. The van der Waals surface area contributed by atoms with E-state index in [4.69, 9.17) is 0 Å². The minimum Gasteiger partial charge on any atom is -0.352 e. The number of benzene rings is 4. The van der Waals surface area contributed by atoms with Gasteiger partial charge in [-0.2, -0.15) is 0 Å².